The number of aromatic nitrogens is 4. The van der Waals surface area contributed by atoms with Crippen molar-refractivity contribution in [2.75, 3.05) is 18.6 Å². The van der Waals surface area contributed by atoms with Gasteiger partial charge in [-0.3, -0.25) is 4.79 Å². The molecule has 0 amide bonds. The highest BCUT2D eigenvalue weighted by molar-refractivity contribution is 7.99. The Kier molecular flexibility index (Phi) is 6.94. The maximum absolute atomic E-state index is 12.5. The number of carbonyl (C=O) groups is 1. The number of nitrogens with zero attached hydrogens (tertiary/aromatic N) is 4. The van der Waals surface area contributed by atoms with Crippen LogP contribution >= 0.6 is 23.1 Å². The zero-order chi connectivity index (χ0) is 20.0. The molecule has 28 heavy (non-hydrogen) atoms. The minimum Gasteiger partial charge on any atom is -0.292 e. The van der Waals surface area contributed by atoms with E-state index in [1.54, 1.807) is 10.7 Å². The monoisotopic (exact) mass is 437 g/mol. The smallest absolute Gasteiger partial charge is 0.210 e. The Hall–Kier alpha value is -2.08. The minimum absolute atomic E-state index is 0.00779. The molecular weight excluding hydrogens is 418 g/mol. The third-order valence-corrected chi connectivity index (χ3v) is 6.55. The number of carbonyl (C=O) groups excluding carboxylic acids is 1. The summed E-state index contributed by atoms with van der Waals surface area (Å²) in [4.78, 5) is 14.1. The molecule has 3 rings (SSSR count). The molecular formula is C17H19N5O3S3. The van der Waals surface area contributed by atoms with Gasteiger partial charge in [0.05, 0.1) is 23.4 Å². The number of hydrogen-bond donors (Lipinski definition) is 1. The van der Waals surface area contributed by atoms with E-state index in [-0.39, 0.29) is 11.5 Å². The molecule has 0 bridgehead atoms. The lowest BCUT2D eigenvalue weighted by Crippen LogP contribution is -2.23. The first-order valence-electron chi connectivity index (χ1n) is 8.40. The summed E-state index contributed by atoms with van der Waals surface area (Å²) >= 11 is 2.68. The summed E-state index contributed by atoms with van der Waals surface area (Å²) in [5.74, 6) is 0.225. The molecule has 0 spiro atoms. The molecule has 148 valence electrons. The number of thiophene rings is 1. The quantitative estimate of drug-likeness (QED) is 0.381. The lowest BCUT2D eigenvalue weighted by Gasteiger charge is -2.04. The van der Waals surface area contributed by atoms with Crippen molar-refractivity contribution in [3.63, 3.8) is 0 Å². The molecule has 0 fully saturated rings. The Morgan fingerprint density at radius 3 is 2.75 bits per heavy atom. The first-order chi connectivity index (χ1) is 13.4. The maximum Gasteiger partial charge on any atom is 0.210 e. The third-order valence-electron chi connectivity index (χ3n) is 3.68. The predicted molar refractivity (Wildman–Crippen MR) is 109 cm³/mol. The van der Waals surface area contributed by atoms with Gasteiger partial charge in [0.2, 0.25) is 15.2 Å². The molecule has 0 radical (unpaired) electrons. The minimum atomic E-state index is -3.20. The first kappa shape index (κ1) is 20.6. The fraction of sp³-hybridized carbons (Fsp3) is 0.294. The van der Waals surface area contributed by atoms with Crippen LogP contribution in [0.25, 0.3) is 0 Å². The summed E-state index contributed by atoms with van der Waals surface area (Å²) < 4.78 is 26.3. The first-order valence-corrected chi connectivity index (χ1v) is 12.1. The standard InChI is InChI=1S/C17H19N5O3S3/c1-28(24,25)18-10-9-14-7-8-16(27-14)15(23)12-26-17-19-20-21-22(17)11-13-5-3-2-4-6-13/h2-8,18H,9-12H2,1H3. The molecule has 0 atom stereocenters. The molecule has 1 aromatic carbocycles. The second kappa shape index (κ2) is 9.41. The topological polar surface area (TPSA) is 107 Å². The van der Waals surface area contributed by atoms with Crippen molar-refractivity contribution in [2.24, 2.45) is 0 Å². The second-order valence-corrected chi connectivity index (χ2v) is 9.94. The van der Waals surface area contributed by atoms with Gasteiger partial charge in [-0.05, 0) is 34.5 Å². The van der Waals surface area contributed by atoms with E-state index in [2.05, 4.69) is 20.2 Å². The van der Waals surface area contributed by atoms with Gasteiger partial charge in [0.25, 0.3) is 0 Å². The van der Waals surface area contributed by atoms with E-state index >= 15 is 0 Å². The molecule has 0 aliphatic carbocycles. The number of hydrogen-bond acceptors (Lipinski definition) is 8. The van der Waals surface area contributed by atoms with Crippen molar-refractivity contribution in [3.8, 4) is 0 Å². The van der Waals surface area contributed by atoms with Gasteiger partial charge in [-0.2, -0.15) is 0 Å². The number of rotatable bonds is 10. The Labute approximate surface area is 171 Å². The molecule has 0 aliphatic heterocycles. The van der Waals surface area contributed by atoms with Crippen molar-refractivity contribution in [3.05, 3.63) is 57.8 Å². The van der Waals surface area contributed by atoms with Crippen molar-refractivity contribution in [1.82, 2.24) is 24.9 Å². The SMILES string of the molecule is CS(=O)(=O)NCCc1ccc(C(=O)CSc2nnnn2Cc2ccccc2)s1. The van der Waals surface area contributed by atoms with E-state index in [4.69, 9.17) is 0 Å². The van der Waals surface area contributed by atoms with Crippen LogP contribution in [0.5, 0.6) is 0 Å². The molecule has 11 heteroatoms. The summed E-state index contributed by atoms with van der Waals surface area (Å²) in [5, 5.41) is 12.3. The van der Waals surface area contributed by atoms with Crippen LogP contribution in [0.1, 0.15) is 20.1 Å². The van der Waals surface area contributed by atoms with Gasteiger partial charge in [-0.15, -0.1) is 16.4 Å². The highest BCUT2D eigenvalue weighted by Crippen LogP contribution is 2.22. The lowest BCUT2D eigenvalue weighted by atomic mass is 10.2. The van der Waals surface area contributed by atoms with E-state index in [9.17, 15) is 13.2 Å². The number of ketones is 1. The summed E-state index contributed by atoms with van der Waals surface area (Å²) in [5.41, 5.74) is 1.08. The molecule has 8 nitrogen and oxygen atoms in total. The predicted octanol–water partition coefficient (Wildman–Crippen LogP) is 1.85. The lowest BCUT2D eigenvalue weighted by molar-refractivity contribution is 0.102. The van der Waals surface area contributed by atoms with E-state index in [0.29, 0.717) is 29.5 Å². The van der Waals surface area contributed by atoms with E-state index in [1.807, 2.05) is 36.4 Å². The number of thioether (sulfide) groups is 1. The van der Waals surface area contributed by atoms with Gasteiger partial charge in [0, 0.05) is 11.4 Å². The molecule has 0 saturated carbocycles. The molecule has 2 heterocycles. The van der Waals surface area contributed by atoms with Gasteiger partial charge < -0.3 is 0 Å². The molecule has 0 aliphatic rings. The van der Waals surface area contributed by atoms with Crippen LogP contribution in [-0.4, -0.2) is 53.0 Å². The Balaban J connectivity index is 1.53. The maximum atomic E-state index is 12.5. The Morgan fingerprint density at radius 1 is 1.21 bits per heavy atom. The average molecular weight is 438 g/mol. The highest BCUT2D eigenvalue weighted by atomic mass is 32.2. The number of nitrogens with one attached hydrogen (secondary N) is 1. The van der Waals surface area contributed by atoms with Crippen molar-refractivity contribution in [1.29, 1.82) is 0 Å². The van der Waals surface area contributed by atoms with Crippen LogP contribution in [0.3, 0.4) is 0 Å². The van der Waals surface area contributed by atoms with E-state index < -0.39 is 10.0 Å². The van der Waals surface area contributed by atoms with E-state index in [0.717, 1.165) is 16.7 Å². The molecule has 0 saturated heterocycles. The summed E-state index contributed by atoms with van der Waals surface area (Å²) in [6, 6.07) is 13.5. The summed E-state index contributed by atoms with van der Waals surface area (Å²) in [7, 11) is -3.20. The Morgan fingerprint density at radius 2 is 2.00 bits per heavy atom. The fourth-order valence-corrected chi connectivity index (χ4v) is 4.65. The highest BCUT2D eigenvalue weighted by Gasteiger charge is 2.14. The summed E-state index contributed by atoms with van der Waals surface area (Å²) in [6.07, 6.45) is 1.67. The van der Waals surface area contributed by atoms with Gasteiger partial charge in [0.1, 0.15) is 0 Å². The number of benzene rings is 1. The van der Waals surface area contributed by atoms with Gasteiger partial charge in [0.15, 0.2) is 5.78 Å². The average Bonchev–Trinajstić information content (AvgIpc) is 3.29. The largest absolute Gasteiger partial charge is 0.292 e. The molecule has 3 aromatic rings. The molecule has 2 aromatic heterocycles. The van der Waals surface area contributed by atoms with Crippen LogP contribution in [0.2, 0.25) is 0 Å². The normalized spacial score (nSPS) is 11.6. The number of sulfonamides is 1. The molecule has 1 N–H and O–H groups in total. The van der Waals surface area contributed by atoms with Crippen molar-refractivity contribution >= 4 is 38.9 Å². The van der Waals surface area contributed by atoms with Gasteiger partial charge >= 0.3 is 0 Å². The van der Waals surface area contributed by atoms with Crippen LogP contribution < -0.4 is 4.72 Å². The summed E-state index contributed by atoms with van der Waals surface area (Å²) in [6.45, 7) is 0.858. The zero-order valence-corrected chi connectivity index (χ0v) is 17.6. The Bertz CT molecular complexity index is 1030. The van der Waals surface area contributed by atoms with Crippen LogP contribution in [0.15, 0.2) is 47.6 Å². The fourth-order valence-electron chi connectivity index (χ4n) is 2.38. The van der Waals surface area contributed by atoms with Crippen molar-refractivity contribution < 1.29 is 13.2 Å². The van der Waals surface area contributed by atoms with Crippen molar-refractivity contribution in [2.45, 2.75) is 18.1 Å². The number of tetrazole rings is 1. The van der Waals surface area contributed by atoms with Crippen LogP contribution in [0.4, 0.5) is 0 Å². The van der Waals surface area contributed by atoms with Gasteiger partial charge in [-0.25, -0.2) is 17.8 Å². The zero-order valence-electron chi connectivity index (χ0n) is 15.1. The number of Topliss-reactive ketones (excluding diaryl/α,β-unsaturated/α-hetero) is 1. The third kappa shape index (κ3) is 6.23. The van der Waals surface area contributed by atoms with Gasteiger partial charge in [-0.1, -0.05) is 42.1 Å². The van der Waals surface area contributed by atoms with Crippen LogP contribution in [0, 0.1) is 0 Å². The second-order valence-electron chi connectivity index (χ2n) is 6.00. The van der Waals surface area contributed by atoms with E-state index in [1.165, 1.54) is 23.1 Å². The molecule has 0 unspecified atom stereocenters. The van der Waals surface area contributed by atoms with Crippen LogP contribution in [-0.2, 0) is 23.0 Å².